The molecule has 0 atom stereocenters. The third-order valence-electron chi connectivity index (χ3n) is 3.24. The molecule has 0 spiro atoms. The van der Waals surface area contributed by atoms with E-state index in [4.69, 9.17) is 0 Å². The fourth-order valence-electron chi connectivity index (χ4n) is 2.02. The minimum absolute atomic E-state index is 0.145. The Bertz CT molecular complexity index is 611. The van der Waals surface area contributed by atoms with E-state index in [1.165, 1.54) is 23.0 Å². The molecule has 0 unspecified atom stereocenters. The van der Waals surface area contributed by atoms with Crippen molar-refractivity contribution >= 4 is 5.91 Å². The van der Waals surface area contributed by atoms with Crippen molar-refractivity contribution in [2.24, 2.45) is 0 Å². The van der Waals surface area contributed by atoms with Gasteiger partial charge in [0.2, 0.25) is 0 Å². The molecule has 0 aliphatic rings. The van der Waals surface area contributed by atoms with Crippen molar-refractivity contribution in [2.75, 3.05) is 13.1 Å². The van der Waals surface area contributed by atoms with Gasteiger partial charge < -0.3 is 4.90 Å². The Balaban J connectivity index is 2.17. The zero-order valence-corrected chi connectivity index (χ0v) is 12.3. The first-order chi connectivity index (χ1) is 10.2. The van der Waals surface area contributed by atoms with Gasteiger partial charge >= 0.3 is 0 Å². The van der Waals surface area contributed by atoms with Gasteiger partial charge in [0.05, 0.1) is 11.9 Å². The average molecular weight is 290 g/mol. The van der Waals surface area contributed by atoms with Crippen molar-refractivity contribution in [3.8, 4) is 5.69 Å². The lowest BCUT2D eigenvalue weighted by molar-refractivity contribution is 0.0756. The van der Waals surface area contributed by atoms with E-state index in [1.54, 1.807) is 17.0 Å². The molecule has 0 bridgehead atoms. The summed E-state index contributed by atoms with van der Waals surface area (Å²) in [6, 6.07) is 6.00. The molecule has 0 saturated heterocycles. The molecular formula is C15H19FN4O. The van der Waals surface area contributed by atoms with Gasteiger partial charge in [0.25, 0.3) is 5.91 Å². The highest BCUT2D eigenvalue weighted by atomic mass is 19.1. The van der Waals surface area contributed by atoms with Crippen molar-refractivity contribution < 1.29 is 9.18 Å². The number of carbonyl (C=O) groups is 1. The lowest BCUT2D eigenvalue weighted by Crippen LogP contribution is -2.32. The zero-order chi connectivity index (χ0) is 15.2. The van der Waals surface area contributed by atoms with Crippen LogP contribution in [0.2, 0.25) is 0 Å². The van der Waals surface area contributed by atoms with E-state index in [1.807, 2.05) is 6.92 Å². The number of carbonyl (C=O) groups excluding carboxylic acids is 1. The highest BCUT2D eigenvalue weighted by Crippen LogP contribution is 2.10. The second-order valence-electron chi connectivity index (χ2n) is 4.77. The Morgan fingerprint density at radius 2 is 2.19 bits per heavy atom. The van der Waals surface area contributed by atoms with Gasteiger partial charge in [-0.2, -0.15) is 0 Å². The molecule has 2 rings (SSSR count). The maximum Gasteiger partial charge on any atom is 0.276 e. The second-order valence-corrected chi connectivity index (χ2v) is 4.77. The Hall–Kier alpha value is -2.24. The molecule has 1 aromatic carbocycles. The van der Waals surface area contributed by atoms with Crippen LogP contribution in [0.25, 0.3) is 5.69 Å². The summed E-state index contributed by atoms with van der Waals surface area (Å²) in [5.74, 6) is -0.498. The standard InChI is InChI=1S/C15H19FN4O/c1-3-5-9-19(4-2)15(21)14-11-20(18-17-14)13-8-6-7-12(16)10-13/h6-8,10-11H,3-5,9H2,1-2H3. The quantitative estimate of drug-likeness (QED) is 0.822. The lowest BCUT2D eigenvalue weighted by atomic mass is 10.3. The number of hydrogen-bond acceptors (Lipinski definition) is 3. The maximum absolute atomic E-state index is 13.2. The fraction of sp³-hybridized carbons (Fsp3) is 0.400. The molecule has 21 heavy (non-hydrogen) atoms. The monoisotopic (exact) mass is 290 g/mol. The van der Waals surface area contributed by atoms with Crippen LogP contribution in [0.15, 0.2) is 30.5 Å². The number of benzene rings is 1. The number of aromatic nitrogens is 3. The van der Waals surface area contributed by atoms with Gasteiger partial charge in [0, 0.05) is 13.1 Å². The summed E-state index contributed by atoms with van der Waals surface area (Å²) in [6.45, 7) is 5.35. The molecule has 6 heteroatoms. The predicted molar refractivity (Wildman–Crippen MR) is 77.8 cm³/mol. The maximum atomic E-state index is 13.2. The summed E-state index contributed by atoms with van der Waals surface area (Å²) in [5.41, 5.74) is 0.815. The molecule has 0 aliphatic carbocycles. The molecule has 2 aromatic rings. The normalized spacial score (nSPS) is 10.6. The molecule has 1 amide bonds. The molecule has 0 aliphatic heterocycles. The Kier molecular flexibility index (Phi) is 5.03. The Morgan fingerprint density at radius 1 is 1.38 bits per heavy atom. The third kappa shape index (κ3) is 3.65. The number of amides is 1. The topological polar surface area (TPSA) is 51.0 Å². The molecular weight excluding hydrogens is 271 g/mol. The van der Waals surface area contributed by atoms with Crippen molar-refractivity contribution in [2.45, 2.75) is 26.7 Å². The van der Waals surface area contributed by atoms with Crippen molar-refractivity contribution in [3.63, 3.8) is 0 Å². The first kappa shape index (κ1) is 15.2. The highest BCUT2D eigenvalue weighted by molar-refractivity contribution is 5.92. The van der Waals surface area contributed by atoms with Crippen LogP contribution in [-0.2, 0) is 0 Å². The molecule has 1 heterocycles. The van der Waals surface area contributed by atoms with Crippen LogP contribution in [0, 0.1) is 5.82 Å². The number of nitrogens with zero attached hydrogens (tertiary/aromatic N) is 4. The van der Waals surface area contributed by atoms with Crippen LogP contribution in [-0.4, -0.2) is 38.9 Å². The van der Waals surface area contributed by atoms with Gasteiger partial charge in [-0.05, 0) is 31.5 Å². The van der Waals surface area contributed by atoms with Crippen LogP contribution in [0.3, 0.4) is 0 Å². The van der Waals surface area contributed by atoms with Crippen molar-refractivity contribution in [1.29, 1.82) is 0 Å². The number of unbranched alkanes of at least 4 members (excludes halogenated alkanes) is 1. The average Bonchev–Trinajstić information content (AvgIpc) is 2.97. The van der Waals surface area contributed by atoms with Crippen LogP contribution in [0.5, 0.6) is 0 Å². The summed E-state index contributed by atoms with van der Waals surface area (Å²) in [4.78, 5) is 14.1. The Labute approximate surface area is 123 Å². The van der Waals surface area contributed by atoms with Gasteiger partial charge in [-0.1, -0.05) is 24.6 Å². The summed E-state index contributed by atoms with van der Waals surface area (Å²) < 4.78 is 14.6. The largest absolute Gasteiger partial charge is 0.337 e. The number of hydrogen-bond donors (Lipinski definition) is 0. The van der Waals surface area contributed by atoms with E-state index < -0.39 is 0 Å². The van der Waals surface area contributed by atoms with Gasteiger partial charge in [0.15, 0.2) is 5.69 Å². The summed E-state index contributed by atoms with van der Waals surface area (Å²) >= 11 is 0. The SMILES string of the molecule is CCCCN(CC)C(=O)c1cn(-c2cccc(F)c2)nn1. The molecule has 0 fully saturated rings. The zero-order valence-electron chi connectivity index (χ0n) is 12.3. The van der Waals surface area contributed by atoms with Crippen LogP contribution in [0.4, 0.5) is 4.39 Å². The van der Waals surface area contributed by atoms with Crippen molar-refractivity contribution in [1.82, 2.24) is 19.9 Å². The molecule has 5 nitrogen and oxygen atoms in total. The van der Waals surface area contributed by atoms with Gasteiger partial charge in [0.1, 0.15) is 5.82 Å². The van der Waals surface area contributed by atoms with E-state index in [0.29, 0.717) is 18.8 Å². The molecule has 0 radical (unpaired) electrons. The van der Waals surface area contributed by atoms with E-state index in [2.05, 4.69) is 17.2 Å². The smallest absolute Gasteiger partial charge is 0.276 e. The minimum atomic E-state index is -0.353. The van der Waals surface area contributed by atoms with E-state index in [9.17, 15) is 9.18 Å². The molecule has 0 N–H and O–H groups in total. The van der Waals surface area contributed by atoms with Crippen molar-refractivity contribution in [3.05, 3.63) is 42.0 Å². The third-order valence-corrected chi connectivity index (χ3v) is 3.24. The summed E-state index contributed by atoms with van der Waals surface area (Å²) in [7, 11) is 0. The Morgan fingerprint density at radius 3 is 2.86 bits per heavy atom. The number of rotatable bonds is 6. The summed E-state index contributed by atoms with van der Waals surface area (Å²) in [5, 5.41) is 7.80. The minimum Gasteiger partial charge on any atom is -0.337 e. The molecule has 112 valence electrons. The first-order valence-electron chi connectivity index (χ1n) is 7.13. The predicted octanol–water partition coefficient (Wildman–Crippen LogP) is 2.67. The molecule has 0 saturated carbocycles. The first-order valence-corrected chi connectivity index (χ1v) is 7.13. The summed E-state index contributed by atoms with van der Waals surface area (Å²) in [6.07, 6.45) is 3.52. The van der Waals surface area contributed by atoms with Gasteiger partial charge in [-0.3, -0.25) is 4.79 Å². The van der Waals surface area contributed by atoms with E-state index in [0.717, 1.165) is 12.8 Å². The van der Waals surface area contributed by atoms with Crippen LogP contribution < -0.4 is 0 Å². The van der Waals surface area contributed by atoms with Gasteiger partial charge in [-0.25, -0.2) is 9.07 Å². The second kappa shape index (κ2) is 6.97. The number of halogens is 1. The van der Waals surface area contributed by atoms with Crippen LogP contribution >= 0.6 is 0 Å². The van der Waals surface area contributed by atoms with E-state index >= 15 is 0 Å². The fourth-order valence-corrected chi connectivity index (χ4v) is 2.02. The molecule has 1 aromatic heterocycles. The van der Waals surface area contributed by atoms with E-state index in [-0.39, 0.29) is 17.4 Å². The highest BCUT2D eigenvalue weighted by Gasteiger charge is 2.17. The lowest BCUT2D eigenvalue weighted by Gasteiger charge is -2.18. The van der Waals surface area contributed by atoms with Gasteiger partial charge in [-0.15, -0.1) is 5.10 Å². The van der Waals surface area contributed by atoms with Crippen LogP contribution in [0.1, 0.15) is 37.2 Å².